The first-order valence-corrected chi connectivity index (χ1v) is 9.00. The quantitative estimate of drug-likeness (QED) is 0.686. The van der Waals surface area contributed by atoms with Gasteiger partial charge in [0.2, 0.25) is 11.7 Å². The fraction of sp³-hybridized carbons (Fsp3) is 0.286. The second-order valence-electron chi connectivity index (χ2n) is 6.72. The van der Waals surface area contributed by atoms with Gasteiger partial charge in [0, 0.05) is 24.5 Å². The van der Waals surface area contributed by atoms with Gasteiger partial charge in [-0.15, -0.1) is 0 Å². The lowest BCUT2D eigenvalue weighted by Crippen LogP contribution is -2.25. The third-order valence-corrected chi connectivity index (χ3v) is 4.69. The molecule has 5 nitrogen and oxygen atoms in total. The molecule has 1 aliphatic heterocycles. The average Bonchev–Trinajstić information content (AvgIpc) is 3.32. The van der Waals surface area contributed by atoms with Crippen LogP contribution in [0.15, 0.2) is 65.0 Å². The average molecular weight is 346 g/mol. The number of hydrogen-bond acceptors (Lipinski definition) is 5. The topological polar surface area (TPSA) is 55.1 Å². The highest BCUT2D eigenvalue weighted by Gasteiger charge is 2.30. The van der Waals surface area contributed by atoms with Crippen LogP contribution < -0.4 is 0 Å². The van der Waals surface area contributed by atoms with Crippen LogP contribution in [-0.2, 0) is 0 Å². The molecule has 132 valence electrons. The van der Waals surface area contributed by atoms with Gasteiger partial charge in [-0.25, -0.2) is 0 Å². The molecule has 1 fully saturated rings. The van der Waals surface area contributed by atoms with E-state index in [0.717, 1.165) is 31.5 Å². The lowest BCUT2D eigenvalue weighted by Gasteiger charge is -2.21. The second-order valence-corrected chi connectivity index (χ2v) is 6.72. The Bertz CT molecular complexity index is 873. The predicted molar refractivity (Wildman–Crippen MR) is 101 cm³/mol. The minimum atomic E-state index is 0.192. The third kappa shape index (κ3) is 3.73. The van der Waals surface area contributed by atoms with Gasteiger partial charge in [-0.05, 0) is 44.0 Å². The minimum Gasteiger partial charge on any atom is -0.337 e. The van der Waals surface area contributed by atoms with Crippen molar-refractivity contribution in [2.24, 2.45) is 0 Å². The normalized spacial score (nSPS) is 18.3. The summed E-state index contributed by atoms with van der Waals surface area (Å²) in [6.07, 6.45) is 7.92. The van der Waals surface area contributed by atoms with E-state index in [0.29, 0.717) is 11.7 Å². The summed E-state index contributed by atoms with van der Waals surface area (Å²) in [6, 6.07) is 14.4. The fourth-order valence-corrected chi connectivity index (χ4v) is 3.48. The van der Waals surface area contributed by atoms with E-state index in [9.17, 15) is 0 Å². The second kappa shape index (κ2) is 7.62. The van der Waals surface area contributed by atoms with Crippen LogP contribution in [0.25, 0.3) is 17.5 Å². The van der Waals surface area contributed by atoms with Crippen LogP contribution >= 0.6 is 0 Å². The molecule has 3 heterocycles. The number of rotatable bonds is 5. The minimum absolute atomic E-state index is 0.192. The number of nitrogens with zero attached hydrogens (tertiary/aromatic N) is 4. The molecule has 1 saturated heterocycles. The molecule has 0 aliphatic carbocycles. The van der Waals surface area contributed by atoms with Gasteiger partial charge in [-0.2, -0.15) is 4.98 Å². The molecule has 1 aromatic carbocycles. The van der Waals surface area contributed by atoms with E-state index in [1.807, 2.05) is 18.2 Å². The molecular weight excluding hydrogens is 324 g/mol. The summed E-state index contributed by atoms with van der Waals surface area (Å²) in [6.45, 7) is 4.14. The van der Waals surface area contributed by atoms with Gasteiger partial charge >= 0.3 is 0 Å². The molecule has 5 heteroatoms. The lowest BCUT2D eigenvalue weighted by molar-refractivity contribution is 0.222. The molecule has 0 N–H and O–H groups in total. The van der Waals surface area contributed by atoms with Crippen molar-refractivity contribution < 1.29 is 4.52 Å². The monoisotopic (exact) mass is 346 g/mol. The number of aromatic nitrogens is 3. The van der Waals surface area contributed by atoms with Crippen LogP contribution in [0, 0.1) is 0 Å². The molecule has 0 saturated carbocycles. The van der Waals surface area contributed by atoms with E-state index in [1.54, 1.807) is 12.4 Å². The fourth-order valence-electron chi connectivity index (χ4n) is 3.48. The molecule has 0 radical (unpaired) electrons. The van der Waals surface area contributed by atoms with Gasteiger partial charge in [-0.1, -0.05) is 47.1 Å². The number of pyridine rings is 1. The van der Waals surface area contributed by atoms with Crippen LogP contribution in [0.5, 0.6) is 0 Å². The van der Waals surface area contributed by atoms with Crippen molar-refractivity contribution >= 4 is 6.08 Å². The first-order chi connectivity index (χ1) is 12.8. The molecule has 3 aromatic rings. The van der Waals surface area contributed by atoms with E-state index >= 15 is 0 Å². The number of benzene rings is 1. The van der Waals surface area contributed by atoms with E-state index < -0.39 is 0 Å². The molecule has 4 rings (SSSR count). The van der Waals surface area contributed by atoms with Crippen molar-refractivity contribution in [3.8, 4) is 11.4 Å². The molecule has 0 spiro atoms. The Morgan fingerprint density at radius 3 is 2.81 bits per heavy atom. The van der Waals surface area contributed by atoms with Crippen LogP contribution in [0.2, 0.25) is 0 Å². The van der Waals surface area contributed by atoms with E-state index in [2.05, 4.69) is 57.3 Å². The Hall–Kier alpha value is -2.79. The van der Waals surface area contributed by atoms with Crippen molar-refractivity contribution in [1.82, 2.24) is 20.0 Å². The van der Waals surface area contributed by atoms with Gasteiger partial charge in [-0.3, -0.25) is 9.88 Å². The maximum absolute atomic E-state index is 5.59. The van der Waals surface area contributed by atoms with Crippen LogP contribution in [0.4, 0.5) is 0 Å². The smallest absolute Gasteiger partial charge is 0.244 e. The Morgan fingerprint density at radius 2 is 2.00 bits per heavy atom. The highest BCUT2D eigenvalue weighted by Crippen LogP contribution is 2.32. The SMILES string of the molecule is C/C(=C\c1ccccc1)CN1CCCC1c1nc(-c2ccncc2)no1. The lowest BCUT2D eigenvalue weighted by atomic mass is 10.1. The summed E-state index contributed by atoms with van der Waals surface area (Å²) >= 11 is 0. The molecule has 0 bridgehead atoms. The van der Waals surface area contributed by atoms with Gasteiger partial charge in [0.05, 0.1) is 6.04 Å². The standard InChI is InChI=1S/C21H22N4O/c1-16(14-17-6-3-2-4-7-17)15-25-13-5-8-19(25)21-23-20(24-26-21)18-9-11-22-12-10-18/h2-4,6-7,9-12,14,19H,5,8,13,15H2,1H3/b16-14+. The van der Waals surface area contributed by atoms with Crippen LogP contribution in [-0.4, -0.2) is 33.1 Å². The van der Waals surface area contributed by atoms with Crippen molar-refractivity contribution in [2.45, 2.75) is 25.8 Å². The van der Waals surface area contributed by atoms with Crippen molar-refractivity contribution in [1.29, 1.82) is 0 Å². The summed E-state index contributed by atoms with van der Waals surface area (Å²) < 4.78 is 5.59. The predicted octanol–water partition coefficient (Wildman–Crippen LogP) is 4.37. The van der Waals surface area contributed by atoms with Gasteiger partial charge in [0.1, 0.15) is 0 Å². The van der Waals surface area contributed by atoms with E-state index in [-0.39, 0.29) is 6.04 Å². The Kier molecular flexibility index (Phi) is 4.88. The molecule has 0 amide bonds. The summed E-state index contributed by atoms with van der Waals surface area (Å²) in [5, 5.41) is 4.16. The molecule has 1 atom stereocenters. The first kappa shape index (κ1) is 16.7. The molecule has 2 aromatic heterocycles. The zero-order valence-electron chi connectivity index (χ0n) is 14.9. The maximum atomic E-state index is 5.59. The van der Waals surface area contributed by atoms with Gasteiger partial charge in [0.15, 0.2) is 0 Å². The van der Waals surface area contributed by atoms with Gasteiger partial charge < -0.3 is 4.52 Å². The van der Waals surface area contributed by atoms with Crippen molar-refractivity contribution in [2.75, 3.05) is 13.1 Å². The highest BCUT2D eigenvalue weighted by atomic mass is 16.5. The summed E-state index contributed by atoms with van der Waals surface area (Å²) in [5.41, 5.74) is 3.50. The van der Waals surface area contributed by atoms with E-state index in [1.165, 1.54) is 11.1 Å². The zero-order valence-corrected chi connectivity index (χ0v) is 14.9. The Labute approximate surface area is 153 Å². The number of likely N-dealkylation sites (tertiary alicyclic amines) is 1. The molecular formula is C21H22N4O. The third-order valence-electron chi connectivity index (χ3n) is 4.69. The van der Waals surface area contributed by atoms with Crippen LogP contribution in [0.1, 0.15) is 37.3 Å². The summed E-state index contributed by atoms with van der Waals surface area (Å²) in [4.78, 5) is 11.1. The highest BCUT2D eigenvalue weighted by molar-refractivity contribution is 5.53. The zero-order chi connectivity index (χ0) is 17.8. The van der Waals surface area contributed by atoms with Crippen molar-refractivity contribution in [3.05, 3.63) is 71.9 Å². The van der Waals surface area contributed by atoms with Crippen molar-refractivity contribution in [3.63, 3.8) is 0 Å². The molecule has 26 heavy (non-hydrogen) atoms. The molecule has 1 unspecified atom stereocenters. The van der Waals surface area contributed by atoms with Crippen LogP contribution in [0.3, 0.4) is 0 Å². The Morgan fingerprint density at radius 1 is 1.19 bits per heavy atom. The first-order valence-electron chi connectivity index (χ1n) is 9.00. The summed E-state index contributed by atoms with van der Waals surface area (Å²) in [5.74, 6) is 1.34. The largest absolute Gasteiger partial charge is 0.337 e. The molecule has 1 aliphatic rings. The summed E-state index contributed by atoms with van der Waals surface area (Å²) in [7, 11) is 0. The van der Waals surface area contributed by atoms with Gasteiger partial charge in [0.25, 0.3) is 0 Å². The Balaban J connectivity index is 1.49. The van der Waals surface area contributed by atoms with E-state index in [4.69, 9.17) is 4.52 Å². The maximum Gasteiger partial charge on any atom is 0.244 e. The number of hydrogen-bond donors (Lipinski definition) is 0.